The normalized spacial score (nSPS) is 19.0. The van der Waals surface area contributed by atoms with Gasteiger partial charge < -0.3 is 9.47 Å². The Morgan fingerprint density at radius 2 is 0.912 bits per heavy atom. The predicted octanol–water partition coefficient (Wildman–Crippen LogP) is 6.91. The second-order valence-electron chi connectivity index (χ2n) is 9.74. The zero-order valence-electron chi connectivity index (χ0n) is 21.0. The van der Waals surface area contributed by atoms with E-state index < -0.39 is 23.5 Å². The molecule has 8 heteroatoms. The van der Waals surface area contributed by atoms with Crippen LogP contribution in [0.5, 0.6) is 0 Å². The zero-order chi connectivity index (χ0) is 24.9. The Labute approximate surface area is 203 Å². The lowest BCUT2D eigenvalue weighted by Crippen LogP contribution is -2.46. The molecule has 2 saturated carbocycles. The van der Waals surface area contributed by atoms with E-state index in [1.807, 2.05) is 0 Å². The van der Waals surface area contributed by atoms with Crippen molar-refractivity contribution in [3.63, 3.8) is 0 Å². The maximum absolute atomic E-state index is 12.9. The minimum Gasteiger partial charge on any atom is -0.417 e. The number of hydrogen-bond acceptors (Lipinski definition) is 8. The van der Waals surface area contributed by atoms with Crippen molar-refractivity contribution in [3.8, 4) is 0 Å². The first-order valence-electron chi connectivity index (χ1n) is 13.2. The van der Waals surface area contributed by atoms with E-state index in [1.165, 1.54) is 0 Å². The molecule has 0 saturated heterocycles. The molecule has 0 spiro atoms. The summed E-state index contributed by atoms with van der Waals surface area (Å²) in [5.74, 6) is -0.224. The molecule has 0 heterocycles. The summed E-state index contributed by atoms with van der Waals surface area (Å²) in [5.41, 5.74) is -2.45. The lowest BCUT2D eigenvalue weighted by atomic mass is 9.80. The first-order chi connectivity index (χ1) is 16.4. The molecule has 2 aliphatic carbocycles. The molecular weight excluding hydrogens is 440 g/mol. The van der Waals surface area contributed by atoms with E-state index in [0.29, 0.717) is 38.5 Å². The van der Waals surface area contributed by atoms with Crippen LogP contribution >= 0.6 is 0 Å². The summed E-state index contributed by atoms with van der Waals surface area (Å²) in [6, 6.07) is 0. The molecular formula is C26H42O8. The standard InChI is InChI=1S/C26H42O8/c1-3-5-9-15-21(27)25(17-11-7-12-18-25)31-23(29)33-34-24(30)32-26(19-13-8-14-20-26)22(28)16-10-6-4-2/h3-20H2,1-2H3. The topological polar surface area (TPSA) is 105 Å². The minimum atomic E-state index is -1.24. The van der Waals surface area contributed by atoms with Crippen LogP contribution in [0, 0.1) is 0 Å². The summed E-state index contributed by atoms with van der Waals surface area (Å²) in [6.45, 7) is 4.11. The summed E-state index contributed by atoms with van der Waals surface area (Å²) in [4.78, 5) is 59.5. The second kappa shape index (κ2) is 14.3. The average Bonchev–Trinajstić information content (AvgIpc) is 2.84. The van der Waals surface area contributed by atoms with Gasteiger partial charge in [-0.25, -0.2) is 0 Å². The minimum absolute atomic E-state index is 0.112. The van der Waals surface area contributed by atoms with Crippen LogP contribution in [0.15, 0.2) is 0 Å². The Morgan fingerprint density at radius 3 is 1.24 bits per heavy atom. The number of Topliss-reactive ketones (excluding diaryl/α,β-unsaturated/α-hetero) is 2. The van der Waals surface area contributed by atoms with Gasteiger partial charge in [-0.15, -0.1) is 0 Å². The fraction of sp³-hybridized carbons (Fsp3) is 0.846. The maximum atomic E-state index is 12.9. The van der Waals surface area contributed by atoms with Gasteiger partial charge >= 0.3 is 12.3 Å². The van der Waals surface area contributed by atoms with E-state index >= 15 is 0 Å². The van der Waals surface area contributed by atoms with Gasteiger partial charge in [-0.1, -0.05) is 52.4 Å². The first kappa shape index (κ1) is 28.1. The van der Waals surface area contributed by atoms with Crippen molar-refractivity contribution in [3.05, 3.63) is 0 Å². The van der Waals surface area contributed by atoms with Crippen LogP contribution in [0.1, 0.15) is 129 Å². The number of hydrogen-bond donors (Lipinski definition) is 0. The van der Waals surface area contributed by atoms with Crippen LogP contribution in [-0.2, 0) is 28.8 Å². The molecule has 0 amide bonds. The van der Waals surface area contributed by atoms with E-state index in [2.05, 4.69) is 23.6 Å². The third-order valence-corrected chi connectivity index (χ3v) is 7.09. The van der Waals surface area contributed by atoms with Gasteiger partial charge in [0.15, 0.2) is 22.8 Å². The molecule has 0 bridgehead atoms. The van der Waals surface area contributed by atoms with Crippen LogP contribution in [0.3, 0.4) is 0 Å². The van der Waals surface area contributed by atoms with Gasteiger partial charge in [0.05, 0.1) is 0 Å². The second-order valence-corrected chi connectivity index (χ2v) is 9.74. The fourth-order valence-corrected chi connectivity index (χ4v) is 5.07. The molecule has 2 aliphatic rings. The van der Waals surface area contributed by atoms with Crippen molar-refractivity contribution in [2.75, 3.05) is 0 Å². The van der Waals surface area contributed by atoms with Crippen molar-refractivity contribution in [2.24, 2.45) is 0 Å². The van der Waals surface area contributed by atoms with Crippen LogP contribution < -0.4 is 0 Å². The highest BCUT2D eigenvalue weighted by molar-refractivity contribution is 5.90. The average molecular weight is 483 g/mol. The molecule has 0 radical (unpaired) electrons. The lowest BCUT2D eigenvalue weighted by Gasteiger charge is -2.35. The number of ketones is 2. The van der Waals surface area contributed by atoms with Gasteiger partial charge in [-0.3, -0.25) is 9.59 Å². The number of rotatable bonds is 12. The van der Waals surface area contributed by atoms with Gasteiger partial charge in [-0.05, 0) is 64.2 Å². The molecule has 0 N–H and O–H groups in total. The highest BCUT2D eigenvalue weighted by atomic mass is 17.3. The monoisotopic (exact) mass is 482 g/mol. The number of ether oxygens (including phenoxy) is 2. The van der Waals surface area contributed by atoms with E-state index in [-0.39, 0.29) is 11.6 Å². The van der Waals surface area contributed by atoms with Gasteiger partial charge in [-0.2, -0.15) is 19.4 Å². The Hall–Kier alpha value is -2.12. The molecule has 2 fully saturated rings. The van der Waals surface area contributed by atoms with Crippen molar-refractivity contribution in [1.29, 1.82) is 0 Å². The molecule has 0 aromatic rings. The first-order valence-corrected chi connectivity index (χ1v) is 13.2. The fourth-order valence-electron chi connectivity index (χ4n) is 5.07. The summed E-state index contributed by atoms with van der Waals surface area (Å²) in [7, 11) is 0. The van der Waals surface area contributed by atoms with Gasteiger partial charge in [0.2, 0.25) is 0 Å². The summed E-state index contributed by atoms with van der Waals surface area (Å²) >= 11 is 0. The maximum Gasteiger partial charge on any atom is 0.551 e. The number of unbranched alkanes of at least 4 members (excludes halogenated alkanes) is 4. The highest BCUT2D eigenvalue weighted by Crippen LogP contribution is 2.36. The van der Waals surface area contributed by atoms with Crippen molar-refractivity contribution in [2.45, 2.75) is 141 Å². The molecule has 194 valence electrons. The van der Waals surface area contributed by atoms with Gasteiger partial charge in [0.25, 0.3) is 0 Å². The van der Waals surface area contributed by atoms with Crippen molar-refractivity contribution < 1.29 is 38.4 Å². The molecule has 2 rings (SSSR count). The van der Waals surface area contributed by atoms with Crippen LogP contribution in [0.25, 0.3) is 0 Å². The van der Waals surface area contributed by atoms with E-state index in [0.717, 1.165) is 77.0 Å². The zero-order valence-corrected chi connectivity index (χ0v) is 21.0. The van der Waals surface area contributed by atoms with Gasteiger partial charge in [0, 0.05) is 12.8 Å². The summed E-state index contributed by atoms with van der Waals surface area (Å²) in [6.07, 6.45) is 10.3. The lowest BCUT2D eigenvalue weighted by molar-refractivity contribution is -0.238. The summed E-state index contributed by atoms with van der Waals surface area (Å²) < 4.78 is 10.9. The van der Waals surface area contributed by atoms with Crippen molar-refractivity contribution >= 4 is 23.9 Å². The quantitative estimate of drug-likeness (QED) is 0.128. The largest absolute Gasteiger partial charge is 0.551 e. The molecule has 0 atom stereocenters. The summed E-state index contributed by atoms with van der Waals surface area (Å²) in [5, 5.41) is 0. The van der Waals surface area contributed by atoms with E-state index in [4.69, 9.17) is 9.47 Å². The predicted molar refractivity (Wildman–Crippen MR) is 125 cm³/mol. The number of carbonyl (C=O) groups is 4. The molecule has 8 nitrogen and oxygen atoms in total. The third kappa shape index (κ3) is 8.27. The Morgan fingerprint density at radius 1 is 0.559 bits per heavy atom. The van der Waals surface area contributed by atoms with Crippen molar-refractivity contribution in [1.82, 2.24) is 0 Å². The van der Waals surface area contributed by atoms with Crippen LogP contribution in [0.4, 0.5) is 9.59 Å². The van der Waals surface area contributed by atoms with Gasteiger partial charge in [0.1, 0.15) is 0 Å². The molecule has 0 unspecified atom stereocenters. The Kier molecular flexibility index (Phi) is 11.8. The third-order valence-electron chi connectivity index (χ3n) is 7.09. The van der Waals surface area contributed by atoms with E-state index in [1.54, 1.807) is 0 Å². The molecule has 0 aromatic heterocycles. The Balaban J connectivity index is 1.91. The highest BCUT2D eigenvalue weighted by Gasteiger charge is 2.45. The smallest absolute Gasteiger partial charge is 0.417 e. The SMILES string of the molecule is CCCCCC(=O)C1(OC(=O)OOC(=O)OC2(C(=O)CCCCC)CCCCC2)CCCCC1. The Bertz CT molecular complexity index is 616. The molecule has 0 aromatic carbocycles. The van der Waals surface area contributed by atoms with Crippen LogP contribution in [-0.4, -0.2) is 35.1 Å². The number of carbonyl (C=O) groups excluding carboxylic acids is 4. The van der Waals surface area contributed by atoms with E-state index in [9.17, 15) is 19.2 Å². The molecule has 0 aliphatic heterocycles. The van der Waals surface area contributed by atoms with Crippen LogP contribution in [0.2, 0.25) is 0 Å². The molecule has 34 heavy (non-hydrogen) atoms.